The highest BCUT2D eigenvalue weighted by atomic mass is 16.5. The van der Waals surface area contributed by atoms with Crippen molar-refractivity contribution >= 4 is 29.6 Å². The fourth-order valence-electron chi connectivity index (χ4n) is 7.08. The summed E-state index contributed by atoms with van der Waals surface area (Å²) in [4.78, 5) is 49.4. The molecule has 5 heterocycles. The number of hydrogen-bond donors (Lipinski definition) is 6. The van der Waals surface area contributed by atoms with Crippen molar-refractivity contribution < 1.29 is 29.3 Å². The molecule has 5 aliphatic heterocycles. The molecule has 1 aliphatic carbocycles. The van der Waals surface area contributed by atoms with Gasteiger partial charge in [0.05, 0.1) is 24.8 Å². The molecule has 39 heavy (non-hydrogen) atoms. The van der Waals surface area contributed by atoms with Gasteiger partial charge in [0.2, 0.25) is 17.6 Å². The van der Waals surface area contributed by atoms with Crippen LogP contribution < -0.4 is 26.8 Å². The number of imide groups is 1. The molecule has 3 unspecified atom stereocenters. The molecule has 8 N–H and O–H groups in total. The lowest BCUT2D eigenvalue weighted by Gasteiger charge is -2.49. The number of aliphatic hydroxyl groups is 2. The zero-order valence-electron chi connectivity index (χ0n) is 21.1. The van der Waals surface area contributed by atoms with Gasteiger partial charge in [-0.05, 0) is 18.9 Å². The largest absolute Gasteiger partial charge is 0.492 e. The first-order chi connectivity index (χ1) is 18.6. The number of fused-ring (bicyclic) bond motifs is 2. The van der Waals surface area contributed by atoms with Gasteiger partial charge in [-0.2, -0.15) is 0 Å². The lowest BCUT2D eigenvalue weighted by atomic mass is 9.66. The Labute approximate surface area is 223 Å². The molecule has 0 aromatic heterocycles. The third-order valence-corrected chi connectivity index (χ3v) is 9.27. The van der Waals surface area contributed by atoms with Crippen LogP contribution in [-0.4, -0.2) is 98.9 Å². The van der Waals surface area contributed by atoms with Gasteiger partial charge < -0.3 is 42.0 Å². The Balaban J connectivity index is 1.19. The van der Waals surface area contributed by atoms with E-state index in [2.05, 4.69) is 20.6 Å². The SMILES string of the molecule is NC1=NC2[C@H](CN3C(=O)CCC3=O)N=C(N)N3CC(NC(=O)c4cccc5c4OCC54CCC4)C(O)(O)C23N1. The first-order valence-electron chi connectivity index (χ1n) is 13.1. The van der Waals surface area contributed by atoms with E-state index in [0.29, 0.717) is 17.9 Å². The summed E-state index contributed by atoms with van der Waals surface area (Å²) in [6.45, 7) is 0.267. The van der Waals surface area contributed by atoms with Gasteiger partial charge in [0.25, 0.3) is 5.91 Å². The number of carbonyl (C=O) groups excluding carboxylic acids is 3. The van der Waals surface area contributed by atoms with Crippen LogP contribution in [0.3, 0.4) is 0 Å². The van der Waals surface area contributed by atoms with Gasteiger partial charge >= 0.3 is 0 Å². The number of rotatable bonds is 4. The van der Waals surface area contributed by atoms with Gasteiger partial charge in [-0.3, -0.25) is 19.3 Å². The van der Waals surface area contributed by atoms with Crippen molar-refractivity contribution in [1.82, 2.24) is 20.4 Å². The second-order valence-electron chi connectivity index (χ2n) is 11.3. The van der Waals surface area contributed by atoms with Gasteiger partial charge in [0.15, 0.2) is 17.6 Å². The predicted octanol–water partition coefficient (Wildman–Crippen LogP) is -2.58. The molecule has 7 rings (SSSR count). The maximum Gasteiger partial charge on any atom is 0.255 e. The Morgan fingerprint density at radius 2 is 1.92 bits per heavy atom. The van der Waals surface area contributed by atoms with Crippen molar-refractivity contribution in [3.8, 4) is 5.75 Å². The molecule has 4 atom stereocenters. The number of likely N-dealkylation sites (tertiary alicyclic amines) is 1. The summed E-state index contributed by atoms with van der Waals surface area (Å²) in [5.74, 6) is -3.47. The Bertz CT molecular complexity index is 1360. The number of hydrogen-bond acceptors (Lipinski definition) is 12. The van der Waals surface area contributed by atoms with E-state index < -0.39 is 35.5 Å². The van der Waals surface area contributed by atoms with Crippen LogP contribution in [0, 0.1) is 0 Å². The lowest BCUT2D eigenvalue weighted by molar-refractivity contribution is -0.230. The van der Waals surface area contributed by atoms with E-state index in [1.807, 2.05) is 12.1 Å². The van der Waals surface area contributed by atoms with Crippen LogP contribution >= 0.6 is 0 Å². The average Bonchev–Trinajstić information content (AvgIpc) is 3.58. The number of nitrogens with one attached hydrogen (secondary N) is 2. The summed E-state index contributed by atoms with van der Waals surface area (Å²) in [5.41, 5.74) is 11.8. The Morgan fingerprint density at radius 1 is 1.18 bits per heavy atom. The first-order valence-corrected chi connectivity index (χ1v) is 13.1. The molecule has 0 bridgehead atoms. The van der Waals surface area contributed by atoms with Gasteiger partial charge in [0, 0.05) is 30.4 Å². The summed E-state index contributed by atoms with van der Waals surface area (Å²) in [7, 11) is 0. The molecule has 14 nitrogen and oxygen atoms in total. The van der Waals surface area contributed by atoms with Crippen molar-refractivity contribution in [3.63, 3.8) is 0 Å². The lowest BCUT2D eigenvalue weighted by Crippen LogP contribution is -2.78. The van der Waals surface area contributed by atoms with Crippen LogP contribution in [0.4, 0.5) is 0 Å². The zero-order valence-corrected chi connectivity index (χ0v) is 21.1. The number of para-hydroxylation sites is 1. The van der Waals surface area contributed by atoms with Crippen LogP contribution in [0.15, 0.2) is 28.2 Å². The molecule has 3 amide bonds. The Morgan fingerprint density at radius 3 is 2.62 bits per heavy atom. The third kappa shape index (κ3) is 3.06. The summed E-state index contributed by atoms with van der Waals surface area (Å²) in [6.07, 6.45) is 3.32. The Kier molecular flexibility index (Phi) is 4.84. The molecular weight excluding hydrogens is 508 g/mol. The van der Waals surface area contributed by atoms with Crippen molar-refractivity contribution in [2.75, 3.05) is 19.7 Å². The average molecular weight is 539 g/mol. The minimum absolute atomic E-state index is 0.0514. The van der Waals surface area contributed by atoms with Gasteiger partial charge in [-0.15, -0.1) is 0 Å². The fourth-order valence-corrected chi connectivity index (χ4v) is 7.08. The quantitative estimate of drug-likeness (QED) is 0.174. The second-order valence-corrected chi connectivity index (χ2v) is 11.3. The minimum Gasteiger partial charge on any atom is -0.492 e. The fraction of sp³-hybridized carbons (Fsp3) is 0.560. The highest BCUT2D eigenvalue weighted by Gasteiger charge is 2.73. The third-order valence-electron chi connectivity index (χ3n) is 9.27. The van der Waals surface area contributed by atoms with E-state index in [1.165, 1.54) is 4.90 Å². The van der Waals surface area contributed by atoms with Crippen molar-refractivity contribution in [2.45, 2.75) is 67.1 Å². The molecule has 1 aromatic rings. The number of carbonyl (C=O) groups is 3. The Hall–Kier alpha value is -3.91. The number of aliphatic imine (C=N–C) groups is 2. The molecule has 1 saturated carbocycles. The van der Waals surface area contributed by atoms with E-state index in [4.69, 9.17) is 16.2 Å². The van der Waals surface area contributed by atoms with E-state index in [0.717, 1.165) is 29.7 Å². The van der Waals surface area contributed by atoms with Gasteiger partial charge in [0.1, 0.15) is 17.8 Å². The normalized spacial score (nSPS) is 33.0. The van der Waals surface area contributed by atoms with E-state index in [1.54, 1.807) is 6.07 Å². The molecule has 0 radical (unpaired) electrons. The first kappa shape index (κ1) is 24.2. The highest BCUT2D eigenvalue weighted by Crippen LogP contribution is 2.52. The summed E-state index contributed by atoms with van der Waals surface area (Å²) < 4.78 is 5.97. The number of amides is 3. The molecule has 6 aliphatic rings. The van der Waals surface area contributed by atoms with Crippen molar-refractivity contribution in [3.05, 3.63) is 29.3 Å². The molecule has 14 heteroatoms. The second kappa shape index (κ2) is 7.82. The van der Waals surface area contributed by atoms with Crippen LogP contribution in [0.25, 0.3) is 0 Å². The van der Waals surface area contributed by atoms with Crippen LogP contribution in [0.2, 0.25) is 0 Å². The zero-order chi connectivity index (χ0) is 27.3. The van der Waals surface area contributed by atoms with E-state index in [-0.39, 0.29) is 55.1 Å². The standard InChI is InChI=1S/C25H30N8O6/c26-21-30-19-14(9-32-16(34)5-6-17(32)35)28-22(27)33-10-15(25(37,38)24(19,33)31-21)29-20(36)12-3-1-4-13-18(12)39-11-23(13)7-2-8-23/h1,3-4,14-15,19,37-38H,2,5-11H2,(H2,27,28)(H,29,36)(H3,26,30,31)/t14-,15?,19?,24?/m0/s1. The number of guanidine groups is 2. The number of nitrogens with two attached hydrogens (primary N) is 2. The molecular formula is C25H30N8O6. The summed E-state index contributed by atoms with van der Waals surface area (Å²) in [5, 5.41) is 29.0. The van der Waals surface area contributed by atoms with Gasteiger partial charge in [-0.25, -0.2) is 9.98 Å². The maximum atomic E-state index is 13.5. The van der Waals surface area contributed by atoms with E-state index >= 15 is 0 Å². The highest BCUT2D eigenvalue weighted by molar-refractivity contribution is 6.02. The topological polar surface area (TPSA) is 208 Å². The summed E-state index contributed by atoms with van der Waals surface area (Å²) in [6, 6.07) is 2.29. The molecule has 2 spiro atoms. The number of benzene rings is 1. The number of nitrogens with zero attached hydrogens (tertiary/aromatic N) is 4. The van der Waals surface area contributed by atoms with Crippen molar-refractivity contribution in [1.29, 1.82) is 0 Å². The smallest absolute Gasteiger partial charge is 0.255 e. The minimum atomic E-state index is -2.64. The van der Waals surface area contributed by atoms with Crippen LogP contribution in [-0.2, 0) is 15.0 Å². The van der Waals surface area contributed by atoms with E-state index in [9.17, 15) is 24.6 Å². The van der Waals surface area contributed by atoms with Crippen LogP contribution in [0.5, 0.6) is 5.75 Å². The predicted molar refractivity (Wildman–Crippen MR) is 135 cm³/mol. The molecule has 206 valence electrons. The molecule has 3 fully saturated rings. The van der Waals surface area contributed by atoms with Gasteiger partial charge in [-0.1, -0.05) is 18.6 Å². The van der Waals surface area contributed by atoms with Crippen LogP contribution in [0.1, 0.15) is 48.0 Å². The summed E-state index contributed by atoms with van der Waals surface area (Å²) >= 11 is 0. The number of ether oxygens (including phenoxy) is 1. The molecule has 2 saturated heterocycles. The van der Waals surface area contributed by atoms with Crippen molar-refractivity contribution in [2.24, 2.45) is 21.5 Å². The maximum absolute atomic E-state index is 13.5. The monoisotopic (exact) mass is 538 g/mol. The molecule has 1 aromatic carbocycles.